The van der Waals surface area contributed by atoms with Gasteiger partial charge in [0.2, 0.25) is 11.8 Å². The summed E-state index contributed by atoms with van der Waals surface area (Å²) in [6.45, 7) is 8.21. The first-order chi connectivity index (χ1) is 12.9. The van der Waals surface area contributed by atoms with E-state index in [2.05, 4.69) is 10.6 Å². The molecule has 0 aromatic heterocycles. The third kappa shape index (κ3) is 6.99. The van der Waals surface area contributed by atoms with E-state index in [1.165, 1.54) is 0 Å². The van der Waals surface area contributed by atoms with Gasteiger partial charge in [0.1, 0.15) is 17.7 Å². The average Bonchev–Trinajstić information content (AvgIpc) is 2.97. The van der Waals surface area contributed by atoms with Crippen LogP contribution in [0.5, 0.6) is 0 Å². The van der Waals surface area contributed by atoms with Gasteiger partial charge in [-0.15, -0.1) is 0 Å². The Morgan fingerprint density at radius 2 is 1.86 bits per heavy atom. The van der Waals surface area contributed by atoms with Crippen LogP contribution in [0.3, 0.4) is 0 Å². The number of hydrogen-bond donors (Lipinski definition) is 4. The van der Waals surface area contributed by atoms with Crippen molar-refractivity contribution in [3.8, 4) is 0 Å². The lowest BCUT2D eigenvalue weighted by molar-refractivity contribution is -0.148. The van der Waals surface area contributed by atoms with Gasteiger partial charge >= 0.3 is 12.1 Å². The number of carboxylic acids is 1. The van der Waals surface area contributed by atoms with E-state index in [0.717, 1.165) is 4.90 Å². The minimum atomic E-state index is -1.21. The zero-order valence-corrected chi connectivity index (χ0v) is 17.0. The Morgan fingerprint density at radius 1 is 1.25 bits per heavy atom. The van der Waals surface area contributed by atoms with Crippen LogP contribution in [0, 0.1) is 5.92 Å². The van der Waals surface area contributed by atoms with Gasteiger partial charge in [-0.1, -0.05) is 20.3 Å². The molecule has 0 aromatic rings. The maximum Gasteiger partial charge on any atom is 0.408 e. The molecule has 1 saturated heterocycles. The first-order valence-corrected chi connectivity index (χ1v) is 9.33. The van der Waals surface area contributed by atoms with Crippen molar-refractivity contribution in [2.45, 2.75) is 71.2 Å². The van der Waals surface area contributed by atoms with E-state index >= 15 is 0 Å². The van der Waals surface area contributed by atoms with Gasteiger partial charge in [0, 0.05) is 13.0 Å². The van der Waals surface area contributed by atoms with Crippen LogP contribution in [0.15, 0.2) is 0 Å². The molecule has 4 atom stereocenters. The van der Waals surface area contributed by atoms with Gasteiger partial charge in [-0.3, -0.25) is 9.59 Å². The molecule has 4 N–H and O–H groups in total. The highest BCUT2D eigenvalue weighted by Gasteiger charge is 2.39. The van der Waals surface area contributed by atoms with Gasteiger partial charge in [0.15, 0.2) is 0 Å². The predicted molar refractivity (Wildman–Crippen MR) is 99.4 cm³/mol. The number of β-amino-alcohol motifs (C(OH)–C–C–N with tert-alkyl or cyclic N) is 1. The summed E-state index contributed by atoms with van der Waals surface area (Å²) in [4.78, 5) is 49.1. The number of hydrogen-bond acceptors (Lipinski definition) is 6. The fourth-order valence-electron chi connectivity index (χ4n) is 2.83. The zero-order valence-electron chi connectivity index (χ0n) is 17.0. The fraction of sp³-hybridized carbons (Fsp3) is 0.778. The highest BCUT2D eigenvalue weighted by atomic mass is 16.6. The third-order valence-corrected chi connectivity index (χ3v) is 4.47. The molecule has 0 unspecified atom stereocenters. The maximum absolute atomic E-state index is 12.5. The van der Waals surface area contributed by atoms with E-state index < -0.39 is 54.2 Å². The van der Waals surface area contributed by atoms with Crippen LogP contribution in [-0.2, 0) is 19.1 Å². The number of aliphatic carboxylic acids is 1. The van der Waals surface area contributed by atoms with Crippen LogP contribution in [0.25, 0.3) is 0 Å². The molecule has 0 radical (unpaired) electrons. The van der Waals surface area contributed by atoms with Gasteiger partial charge in [0.25, 0.3) is 0 Å². The second kappa shape index (κ2) is 9.72. The molecule has 1 fully saturated rings. The molecule has 0 aromatic carbocycles. The summed E-state index contributed by atoms with van der Waals surface area (Å²) in [6.07, 6.45) is -1.11. The summed E-state index contributed by atoms with van der Waals surface area (Å²) in [5.41, 5.74) is -0.723. The summed E-state index contributed by atoms with van der Waals surface area (Å²) < 4.78 is 5.17. The first-order valence-electron chi connectivity index (χ1n) is 9.33. The SMILES string of the molecule is CC[C@H](C)[C@H](NC(=O)OC(C)(C)C)C(=O)NCC(=O)N1C[C@@H](O)C[C@H]1C(=O)O. The molecule has 1 aliphatic rings. The molecule has 1 heterocycles. The normalized spacial score (nSPS) is 21.6. The van der Waals surface area contributed by atoms with Crippen molar-refractivity contribution in [2.24, 2.45) is 5.92 Å². The van der Waals surface area contributed by atoms with Gasteiger partial charge in [-0.2, -0.15) is 0 Å². The summed E-state index contributed by atoms with van der Waals surface area (Å²) in [5, 5.41) is 23.7. The lowest BCUT2D eigenvalue weighted by atomic mass is 9.98. The van der Waals surface area contributed by atoms with Crippen molar-refractivity contribution in [2.75, 3.05) is 13.1 Å². The Labute approximate surface area is 164 Å². The van der Waals surface area contributed by atoms with Crippen LogP contribution in [0.4, 0.5) is 4.79 Å². The largest absolute Gasteiger partial charge is 0.480 e. The Kier molecular flexibility index (Phi) is 8.22. The number of aliphatic hydroxyl groups excluding tert-OH is 1. The predicted octanol–water partition coefficient (Wildman–Crippen LogP) is 0.0884. The van der Waals surface area contributed by atoms with Crippen LogP contribution in [0.1, 0.15) is 47.5 Å². The summed E-state index contributed by atoms with van der Waals surface area (Å²) in [7, 11) is 0. The van der Waals surface area contributed by atoms with Gasteiger partial charge in [-0.25, -0.2) is 9.59 Å². The lowest BCUT2D eigenvalue weighted by Crippen LogP contribution is -2.53. The third-order valence-electron chi connectivity index (χ3n) is 4.47. The van der Waals surface area contributed by atoms with Crippen molar-refractivity contribution < 1.29 is 34.1 Å². The van der Waals surface area contributed by atoms with Crippen LogP contribution in [-0.4, -0.2) is 75.9 Å². The number of rotatable bonds is 7. The maximum atomic E-state index is 12.5. The van der Waals surface area contributed by atoms with Crippen molar-refractivity contribution in [1.82, 2.24) is 15.5 Å². The van der Waals surface area contributed by atoms with Gasteiger partial charge < -0.3 is 30.5 Å². The molecule has 28 heavy (non-hydrogen) atoms. The Morgan fingerprint density at radius 3 is 2.36 bits per heavy atom. The summed E-state index contributed by atoms with van der Waals surface area (Å²) >= 11 is 0. The minimum absolute atomic E-state index is 0.0509. The molecule has 0 saturated carbocycles. The number of carboxylic acid groups (broad SMARTS) is 1. The molecule has 10 nitrogen and oxygen atoms in total. The van der Waals surface area contributed by atoms with Crippen molar-refractivity contribution >= 4 is 23.9 Å². The molecule has 0 aliphatic carbocycles. The monoisotopic (exact) mass is 401 g/mol. The number of aliphatic hydroxyl groups is 1. The number of likely N-dealkylation sites (tertiary alicyclic amines) is 1. The molecule has 1 aliphatic heterocycles. The number of nitrogens with zero attached hydrogens (tertiary/aromatic N) is 1. The van der Waals surface area contributed by atoms with Crippen molar-refractivity contribution in [1.29, 1.82) is 0 Å². The lowest BCUT2D eigenvalue weighted by Gasteiger charge is -2.27. The van der Waals surface area contributed by atoms with Gasteiger partial charge in [0.05, 0.1) is 12.6 Å². The first kappa shape index (κ1) is 23.7. The smallest absolute Gasteiger partial charge is 0.408 e. The van der Waals surface area contributed by atoms with E-state index in [-0.39, 0.29) is 18.9 Å². The van der Waals surface area contributed by atoms with Crippen LogP contribution < -0.4 is 10.6 Å². The van der Waals surface area contributed by atoms with E-state index in [1.54, 1.807) is 27.7 Å². The van der Waals surface area contributed by atoms with E-state index in [4.69, 9.17) is 9.84 Å². The second-order valence-electron chi connectivity index (χ2n) is 8.02. The molecule has 160 valence electrons. The molecule has 3 amide bonds. The Hall–Kier alpha value is -2.36. The average molecular weight is 401 g/mol. The molecular formula is C18H31N3O7. The minimum Gasteiger partial charge on any atom is -0.480 e. The topological polar surface area (TPSA) is 145 Å². The van der Waals surface area contributed by atoms with E-state index in [0.29, 0.717) is 6.42 Å². The number of carbonyl (C=O) groups excluding carboxylic acids is 3. The molecule has 0 spiro atoms. The second-order valence-corrected chi connectivity index (χ2v) is 8.02. The number of ether oxygens (including phenoxy) is 1. The summed E-state index contributed by atoms with van der Waals surface area (Å²) in [5.74, 6) is -2.61. The number of amides is 3. The standard InChI is InChI=1S/C18H31N3O7/c1-6-10(2)14(20-17(27)28-18(3,4)5)15(24)19-8-13(23)21-9-11(22)7-12(21)16(25)26/h10-12,14,22H,6-9H2,1-5H3,(H,19,24)(H,20,27)(H,25,26)/t10-,11-,12-,14-/m0/s1. The number of nitrogens with one attached hydrogen (secondary N) is 2. The van der Waals surface area contributed by atoms with Crippen LogP contribution in [0.2, 0.25) is 0 Å². The number of carbonyl (C=O) groups is 4. The molecule has 1 rings (SSSR count). The highest BCUT2D eigenvalue weighted by molar-refractivity contribution is 5.91. The Bertz CT molecular complexity index is 602. The van der Waals surface area contributed by atoms with Crippen LogP contribution >= 0.6 is 0 Å². The number of alkyl carbamates (subject to hydrolysis) is 1. The molecule has 0 bridgehead atoms. The summed E-state index contributed by atoms with van der Waals surface area (Å²) in [6, 6.07) is -2.03. The van der Waals surface area contributed by atoms with E-state index in [9.17, 15) is 24.3 Å². The van der Waals surface area contributed by atoms with Crippen molar-refractivity contribution in [3.05, 3.63) is 0 Å². The quantitative estimate of drug-likeness (QED) is 0.473. The molecular weight excluding hydrogens is 370 g/mol. The van der Waals surface area contributed by atoms with E-state index in [1.807, 2.05) is 6.92 Å². The Balaban J connectivity index is 2.71. The fourth-order valence-corrected chi connectivity index (χ4v) is 2.83. The van der Waals surface area contributed by atoms with Gasteiger partial charge in [-0.05, 0) is 26.7 Å². The highest BCUT2D eigenvalue weighted by Crippen LogP contribution is 2.18. The molecule has 10 heteroatoms. The van der Waals surface area contributed by atoms with Crippen molar-refractivity contribution in [3.63, 3.8) is 0 Å². The zero-order chi connectivity index (χ0) is 21.6.